The molecule has 0 aliphatic carbocycles. The predicted octanol–water partition coefficient (Wildman–Crippen LogP) is 4.15. The Morgan fingerprint density at radius 3 is 2.07 bits per heavy atom. The fourth-order valence-corrected chi connectivity index (χ4v) is 2.44. The van der Waals surface area contributed by atoms with Crippen molar-refractivity contribution in [2.45, 2.75) is 99.1 Å². The lowest BCUT2D eigenvalue weighted by Crippen LogP contribution is -2.32. The van der Waals surface area contributed by atoms with Gasteiger partial charge in [-0.25, -0.2) is 0 Å². The molecule has 0 fully saturated rings. The van der Waals surface area contributed by atoms with E-state index in [-0.39, 0.29) is 18.1 Å². The first-order chi connectivity index (χ1) is 14.0. The third-order valence-corrected chi connectivity index (χ3v) is 4.31. The molecule has 0 heterocycles. The molecule has 6 nitrogen and oxygen atoms in total. The van der Waals surface area contributed by atoms with Crippen LogP contribution in [-0.4, -0.2) is 62.2 Å². The molecule has 0 aliphatic rings. The quantitative estimate of drug-likeness (QED) is 0.301. The fourth-order valence-electron chi connectivity index (χ4n) is 2.44. The Kier molecular flexibility index (Phi) is 21.2. The van der Waals surface area contributed by atoms with Crippen molar-refractivity contribution in [3.05, 3.63) is 0 Å². The maximum absolute atomic E-state index is 11.7. The summed E-state index contributed by atoms with van der Waals surface area (Å²) in [5.74, 6) is 1.47. The van der Waals surface area contributed by atoms with Crippen LogP contribution in [0.5, 0.6) is 0 Å². The zero-order valence-corrected chi connectivity index (χ0v) is 21.2. The van der Waals surface area contributed by atoms with Crippen molar-refractivity contribution in [2.75, 3.05) is 39.5 Å². The summed E-state index contributed by atoms with van der Waals surface area (Å²) in [7, 11) is 0. The topological polar surface area (TPSA) is 79.8 Å². The molecule has 0 radical (unpaired) electrons. The summed E-state index contributed by atoms with van der Waals surface area (Å²) in [6.07, 6.45) is 4.94. The zero-order valence-electron chi connectivity index (χ0n) is 21.2. The van der Waals surface area contributed by atoms with Gasteiger partial charge in [-0.2, -0.15) is 0 Å². The molecule has 0 bridgehead atoms. The molecule has 0 unspecified atom stereocenters. The first kappa shape index (κ1) is 31.5. The third kappa shape index (κ3) is 27.3. The van der Waals surface area contributed by atoms with Crippen molar-refractivity contribution >= 4 is 5.91 Å². The number of aliphatic hydroxyl groups excluding tert-OH is 1. The highest BCUT2D eigenvalue weighted by atomic mass is 16.5. The molecule has 0 saturated carbocycles. The largest absolute Gasteiger partial charge is 0.395 e. The Bertz CT molecular complexity index is 385. The smallest absolute Gasteiger partial charge is 0.222 e. The summed E-state index contributed by atoms with van der Waals surface area (Å²) < 4.78 is 11.4. The highest BCUT2D eigenvalue weighted by Crippen LogP contribution is 2.12. The number of hydrogen-bond donors (Lipinski definition) is 3. The van der Waals surface area contributed by atoms with E-state index in [1.807, 2.05) is 13.8 Å². The molecule has 0 aromatic carbocycles. The van der Waals surface area contributed by atoms with Crippen molar-refractivity contribution in [2.24, 2.45) is 11.8 Å². The normalized spacial score (nSPS) is 11.7. The van der Waals surface area contributed by atoms with E-state index in [0.717, 1.165) is 31.9 Å². The second-order valence-electron chi connectivity index (χ2n) is 9.67. The maximum Gasteiger partial charge on any atom is 0.222 e. The number of carbonyl (C=O) groups excluding carboxylic acids is 1. The molecule has 0 aromatic rings. The molecule has 3 N–H and O–H groups in total. The van der Waals surface area contributed by atoms with E-state index in [2.05, 4.69) is 52.2 Å². The Morgan fingerprint density at radius 2 is 1.57 bits per heavy atom. The fraction of sp³-hybridized carbons (Fsp3) is 0.958. The third-order valence-electron chi connectivity index (χ3n) is 4.31. The molecule has 0 saturated heterocycles. The van der Waals surface area contributed by atoms with Gasteiger partial charge in [-0.05, 0) is 38.5 Å². The van der Waals surface area contributed by atoms with Gasteiger partial charge in [0.2, 0.25) is 5.91 Å². The Balaban J connectivity index is 0. The highest BCUT2D eigenvalue weighted by molar-refractivity contribution is 5.75. The second kappa shape index (κ2) is 20.2. The van der Waals surface area contributed by atoms with E-state index in [1.54, 1.807) is 0 Å². The van der Waals surface area contributed by atoms with Gasteiger partial charge in [-0.15, -0.1) is 0 Å². The first-order valence-electron chi connectivity index (χ1n) is 11.8. The summed E-state index contributed by atoms with van der Waals surface area (Å²) in [5.41, 5.74) is -0.289. The number of unbranched alkanes of at least 4 members (excludes halogenated alkanes) is 1. The van der Waals surface area contributed by atoms with Crippen LogP contribution in [0.15, 0.2) is 0 Å². The molecule has 0 aromatic heterocycles. The van der Waals surface area contributed by atoms with Crippen molar-refractivity contribution in [3.63, 3.8) is 0 Å². The Labute approximate surface area is 186 Å². The van der Waals surface area contributed by atoms with Gasteiger partial charge in [0.05, 0.1) is 25.4 Å². The first-order valence-corrected chi connectivity index (χ1v) is 11.8. The Hall–Kier alpha value is -0.690. The average Bonchev–Trinajstić information content (AvgIpc) is 2.63. The number of amides is 1. The molecule has 182 valence electrons. The minimum Gasteiger partial charge on any atom is -0.395 e. The van der Waals surface area contributed by atoms with E-state index >= 15 is 0 Å². The molecular weight excluding hydrogens is 380 g/mol. The maximum atomic E-state index is 11.7. The predicted molar refractivity (Wildman–Crippen MR) is 127 cm³/mol. The lowest BCUT2D eigenvalue weighted by molar-refractivity contribution is -0.123. The van der Waals surface area contributed by atoms with Gasteiger partial charge in [0, 0.05) is 32.2 Å². The van der Waals surface area contributed by atoms with E-state index in [0.29, 0.717) is 38.1 Å². The standard InChI is InChI=1S/C19H39NO3.C5H13NO/c1-16(2)9-7-8-12-20-18(21)11-13-22-15-19(5,6)23-14-10-17(3)4;1-5(2)6-3-4-7/h16-17H,7-15H2,1-6H3,(H,20,21);5-7H,3-4H2,1-2H3. The molecule has 1 amide bonds. The van der Waals surface area contributed by atoms with Crippen LogP contribution in [0.25, 0.3) is 0 Å². The highest BCUT2D eigenvalue weighted by Gasteiger charge is 2.18. The van der Waals surface area contributed by atoms with Crippen LogP contribution in [0.2, 0.25) is 0 Å². The van der Waals surface area contributed by atoms with Gasteiger partial charge in [0.15, 0.2) is 0 Å². The van der Waals surface area contributed by atoms with Crippen LogP contribution in [0.3, 0.4) is 0 Å². The molecule has 6 heteroatoms. The summed E-state index contributed by atoms with van der Waals surface area (Å²) in [4.78, 5) is 11.7. The van der Waals surface area contributed by atoms with E-state index < -0.39 is 0 Å². The average molecular weight is 433 g/mol. The molecule has 0 aliphatic heterocycles. The minimum atomic E-state index is -0.289. The van der Waals surface area contributed by atoms with Crippen molar-refractivity contribution in [3.8, 4) is 0 Å². The van der Waals surface area contributed by atoms with E-state index in [1.165, 1.54) is 12.8 Å². The minimum absolute atomic E-state index is 0.0769. The van der Waals surface area contributed by atoms with Crippen LogP contribution < -0.4 is 10.6 Å². The van der Waals surface area contributed by atoms with Gasteiger partial charge in [0.25, 0.3) is 0 Å². The van der Waals surface area contributed by atoms with Crippen molar-refractivity contribution in [1.82, 2.24) is 10.6 Å². The van der Waals surface area contributed by atoms with E-state index in [4.69, 9.17) is 14.6 Å². The number of carbonyl (C=O) groups is 1. The second-order valence-corrected chi connectivity index (χ2v) is 9.67. The van der Waals surface area contributed by atoms with Gasteiger partial charge in [-0.1, -0.05) is 54.4 Å². The number of nitrogens with one attached hydrogen (secondary N) is 2. The number of aliphatic hydroxyl groups is 1. The monoisotopic (exact) mass is 432 g/mol. The SMILES string of the molecule is CC(C)CCCCNC(=O)CCOCC(C)(C)OCCC(C)C.CC(C)NCCO. The van der Waals surface area contributed by atoms with Crippen LogP contribution in [-0.2, 0) is 14.3 Å². The molecule has 0 atom stereocenters. The lowest BCUT2D eigenvalue weighted by atomic mass is 10.1. The van der Waals surface area contributed by atoms with Crippen molar-refractivity contribution < 1.29 is 19.4 Å². The summed E-state index contributed by atoms with van der Waals surface area (Å²) in [6, 6.07) is 0.493. The van der Waals surface area contributed by atoms with Gasteiger partial charge in [-0.3, -0.25) is 4.79 Å². The number of ether oxygens (including phenoxy) is 2. The Morgan fingerprint density at radius 1 is 0.933 bits per heavy atom. The number of hydrogen-bond acceptors (Lipinski definition) is 5. The molecule has 0 rings (SSSR count). The van der Waals surface area contributed by atoms with Gasteiger partial charge >= 0.3 is 0 Å². The van der Waals surface area contributed by atoms with Crippen LogP contribution >= 0.6 is 0 Å². The van der Waals surface area contributed by atoms with Crippen molar-refractivity contribution in [1.29, 1.82) is 0 Å². The number of rotatable bonds is 17. The zero-order chi connectivity index (χ0) is 23.4. The van der Waals surface area contributed by atoms with E-state index in [9.17, 15) is 4.79 Å². The molecule has 0 spiro atoms. The van der Waals surface area contributed by atoms with Gasteiger partial charge < -0.3 is 25.2 Å². The van der Waals surface area contributed by atoms with Crippen LogP contribution in [0, 0.1) is 11.8 Å². The lowest BCUT2D eigenvalue weighted by Gasteiger charge is -2.25. The summed E-state index contributed by atoms with van der Waals surface area (Å²) in [6.45, 7) is 20.4. The van der Waals surface area contributed by atoms with Gasteiger partial charge in [0.1, 0.15) is 0 Å². The summed E-state index contributed by atoms with van der Waals surface area (Å²) >= 11 is 0. The molecule has 30 heavy (non-hydrogen) atoms. The molecular formula is C24H52N2O4. The van der Waals surface area contributed by atoms with Crippen LogP contribution in [0.4, 0.5) is 0 Å². The van der Waals surface area contributed by atoms with Crippen LogP contribution in [0.1, 0.15) is 87.5 Å². The summed E-state index contributed by atoms with van der Waals surface area (Å²) in [5, 5.41) is 14.2.